The van der Waals surface area contributed by atoms with Crippen LogP contribution in [0.2, 0.25) is 0 Å². The lowest BCUT2D eigenvalue weighted by Crippen LogP contribution is -2.30. The minimum Gasteiger partial charge on any atom is -0.379 e. The second kappa shape index (κ2) is 7.43. The van der Waals surface area contributed by atoms with Crippen LogP contribution in [0.4, 0.5) is 0 Å². The van der Waals surface area contributed by atoms with Gasteiger partial charge in [-0.15, -0.1) is 0 Å². The summed E-state index contributed by atoms with van der Waals surface area (Å²) >= 11 is 0. The van der Waals surface area contributed by atoms with Crippen LogP contribution in [0, 0.1) is 0 Å². The van der Waals surface area contributed by atoms with Gasteiger partial charge >= 0.3 is 0 Å². The van der Waals surface area contributed by atoms with Crippen LogP contribution in [0.1, 0.15) is 25.3 Å². The number of ether oxygens (including phenoxy) is 1. The first-order valence-corrected chi connectivity index (χ1v) is 5.64. The highest BCUT2D eigenvalue weighted by Crippen LogP contribution is 2.11. The second-order valence-electron chi connectivity index (χ2n) is 3.93. The van der Waals surface area contributed by atoms with E-state index < -0.39 is 0 Å². The normalized spacial score (nSPS) is 15.7. The third-order valence-electron chi connectivity index (χ3n) is 2.31. The van der Waals surface area contributed by atoms with Crippen molar-refractivity contribution in [1.29, 1.82) is 0 Å². The Bertz CT molecular complexity index is 230. The van der Waals surface area contributed by atoms with Crippen molar-refractivity contribution in [3.8, 4) is 0 Å². The highest BCUT2D eigenvalue weighted by molar-refractivity contribution is 5.17. The Labute approximate surface area is 92.6 Å². The highest BCUT2D eigenvalue weighted by atomic mass is 16.5. The number of nitrogens with one attached hydrogen (secondary N) is 1. The molecule has 1 aliphatic heterocycles. The lowest BCUT2D eigenvalue weighted by molar-refractivity contribution is 0.109. The van der Waals surface area contributed by atoms with Crippen molar-refractivity contribution < 1.29 is 4.74 Å². The van der Waals surface area contributed by atoms with Crippen LogP contribution in [0.15, 0.2) is 30.3 Å². The van der Waals surface area contributed by atoms with Crippen LogP contribution in [0.25, 0.3) is 0 Å². The number of benzene rings is 1. The van der Waals surface area contributed by atoms with Crippen molar-refractivity contribution in [3.05, 3.63) is 35.9 Å². The quantitative estimate of drug-likeness (QED) is 0.763. The molecule has 0 unspecified atom stereocenters. The van der Waals surface area contributed by atoms with E-state index >= 15 is 0 Å². The monoisotopic (exact) mass is 207 g/mol. The summed E-state index contributed by atoms with van der Waals surface area (Å²) in [5.74, 6) is 0.659. The van der Waals surface area contributed by atoms with Gasteiger partial charge in [-0.05, 0) is 11.5 Å². The molecule has 0 saturated carbocycles. The van der Waals surface area contributed by atoms with Gasteiger partial charge < -0.3 is 10.1 Å². The average Bonchev–Trinajstić information content (AvgIpc) is 2.33. The second-order valence-corrected chi connectivity index (χ2v) is 3.93. The average molecular weight is 207 g/mol. The van der Waals surface area contributed by atoms with E-state index in [0.717, 1.165) is 26.3 Å². The van der Waals surface area contributed by atoms with Gasteiger partial charge in [0, 0.05) is 13.1 Å². The molecule has 1 aromatic rings. The lowest BCUT2D eigenvalue weighted by Gasteiger charge is -2.10. The molecule has 0 aliphatic carbocycles. The van der Waals surface area contributed by atoms with Crippen molar-refractivity contribution in [2.75, 3.05) is 26.3 Å². The minimum absolute atomic E-state index is 0.659. The molecule has 0 spiro atoms. The molecule has 84 valence electrons. The molecule has 0 atom stereocenters. The molecule has 1 N–H and O–H groups in total. The van der Waals surface area contributed by atoms with E-state index in [1.165, 1.54) is 5.56 Å². The number of hydrogen-bond donors (Lipinski definition) is 1. The Balaban J connectivity index is 0.000000162. The molecule has 0 aromatic heterocycles. The zero-order valence-corrected chi connectivity index (χ0v) is 9.70. The fraction of sp³-hybridized carbons (Fsp3) is 0.538. The molecule has 1 saturated heterocycles. The van der Waals surface area contributed by atoms with Crippen LogP contribution in [-0.4, -0.2) is 26.3 Å². The number of hydrogen-bond acceptors (Lipinski definition) is 2. The van der Waals surface area contributed by atoms with E-state index in [9.17, 15) is 0 Å². The molecule has 0 bridgehead atoms. The zero-order chi connectivity index (χ0) is 10.9. The smallest absolute Gasteiger partial charge is 0.0591 e. The maximum atomic E-state index is 5.01. The fourth-order valence-electron chi connectivity index (χ4n) is 1.35. The molecular weight excluding hydrogens is 186 g/mol. The Kier molecular flexibility index (Phi) is 6.05. The predicted molar refractivity (Wildman–Crippen MR) is 64.2 cm³/mol. The molecule has 1 fully saturated rings. The predicted octanol–water partition coefficient (Wildman–Crippen LogP) is 2.42. The van der Waals surface area contributed by atoms with Crippen LogP contribution in [0.3, 0.4) is 0 Å². The Morgan fingerprint density at radius 1 is 1.07 bits per heavy atom. The fourth-order valence-corrected chi connectivity index (χ4v) is 1.35. The first kappa shape index (κ1) is 12.2. The zero-order valence-electron chi connectivity index (χ0n) is 9.70. The van der Waals surface area contributed by atoms with Gasteiger partial charge in [0.05, 0.1) is 13.2 Å². The highest BCUT2D eigenvalue weighted by Gasteiger charge is 1.93. The first-order chi connectivity index (χ1) is 7.30. The van der Waals surface area contributed by atoms with Gasteiger partial charge in [-0.1, -0.05) is 44.2 Å². The number of morpholine rings is 1. The van der Waals surface area contributed by atoms with Crippen molar-refractivity contribution in [3.63, 3.8) is 0 Å². The summed E-state index contributed by atoms with van der Waals surface area (Å²) in [6, 6.07) is 10.5. The van der Waals surface area contributed by atoms with Crippen LogP contribution in [-0.2, 0) is 4.74 Å². The summed E-state index contributed by atoms with van der Waals surface area (Å²) < 4.78 is 5.01. The van der Waals surface area contributed by atoms with Crippen LogP contribution >= 0.6 is 0 Å². The lowest BCUT2D eigenvalue weighted by atomic mass is 10.0. The Hall–Kier alpha value is -0.860. The summed E-state index contributed by atoms with van der Waals surface area (Å²) in [5.41, 5.74) is 1.41. The van der Waals surface area contributed by atoms with Crippen molar-refractivity contribution in [1.82, 2.24) is 5.32 Å². The molecule has 1 heterocycles. The van der Waals surface area contributed by atoms with Crippen molar-refractivity contribution in [2.45, 2.75) is 19.8 Å². The standard InChI is InChI=1S/C9H12.C4H9NO/c1-8(2)9-6-4-3-5-7-9;1-3-6-4-2-5-1/h3-8H,1-2H3;5H,1-4H2. The Morgan fingerprint density at radius 3 is 1.93 bits per heavy atom. The molecular formula is C13H21NO. The maximum absolute atomic E-state index is 5.01. The van der Waals surface area contributed by atoms with Crippen molar-refractivity contribution in [2.24, 2.45) is 0 Å². The molecule has 1 aliphatic rings. The molecule has 0 radical (unpaired) electrons. The summed E-state index contributed by atoms with van der Waals surface area (Å²) in [7, 11) is 0. The SMILES string of the molecule is C1COCCN1.CC(C)c1ccccc1. The summed E-state index contributed by atoms with van der Waals surface area (Å²) in [6.45, 7) is 8.24. The molecule has 1 aromatic carbocycles. The maximum Gasteiger partial charge on any atom is 0.0591 e. The first-order valence-electron chi connectivity index (χ1n) is 5.64. The summed E-state index contributed by atoms with van der Waals surface area (Å²) in [4.78, 5) is 0. The van der Waals surface area contributed by atoms with Gasteiger partial charge in [0.2, 0.25) is 0 Å². The van der Waals surface area contributed by atoms with Gasteiger partial charge in [-0.25, -0.2) is 0 Å². The third kappa shape index (κ3) is 5.55. The molecule has 2 nitrogen and oxygen atoms in total. The van der Waals surface area contributed by atoms with Crippen molar-refractivity contribution >= 4 is 0 Å². The topological polar surface area (TPSA) is 21.3 Å². The van der Waals surface area contributed by atoms with E-state index in [2.05, 4.69) is 43.4 Å². The van der Waals surface area contributed by atoms with Gasteiger partial charge in [0.15, 0.2) is 0 Å². The van der Waals surface area contributed by atoms with Gasteiger partial charge in [0.25, 0.3) is 0 Å². The summed E-state index contributed by atoms with van der Waals surface area (Å²) in [5, 5.41) is 3.16. The van der Waals surface area contributed by atoms with E-state index in [-0.39, 0.29) is 0 Å². The third-order valence-corrected chi connectivity index (χ3v) is 2.31. The van der Waals surface area contributed by atoms with Crippen LogP contribution in [0.5, 0.6) is 0 Å². The van der Waals surface area contributed by atoms with E-state index in [1.54, 1.807) is 0 Å². The van der Waals surface area contributed by atoms with Crippen LogP contribution < -0.4 is 5.32 Å². The van der Waals surface area contributed by atoms with Gasteiger partial charge in [-0.2, -0.15) is 0 Å². The number of rotatable bonds is 1. The largest absolute Gasteiger partial charge is 0.379 e. The molecule has 2 rings (SSSR count). The molecule has 0 amide bonds. The van der Waals surface area contributed by atoms with Gasteiger partial charge in [-0.3, -0.25) is 0 Å². The van der Waals surface area contributed by atoms with E-state index in [4.69, 9.17) is 4.74 Å². The van der Waals surface area contributed by atoms with E-state index in [0.29, 0.717) is 5.92 Å². The molecule has 2 heteroatoms. The van der Waals surface area contributed by atoms with E-state index in [1.807, 2.05) is 6.07 Å². The molecule has 15 heavy (non-hydrogen) atoms. The summed E-state index contributed by atoms with van der Waals surface area (Å²) in [6.07, 6.45) is 0. The minimum atomic E-state index is 0.659. The van der Waals surface area contributed by atoms with Gasteiger partial charge in [0.1, 0.15) is 0 Å². The Morgan fingerprint density at radius 2 is 1.67 bits per heavy atom.